The zero-order valence-corrected chi connectivity index (χ0v) is 18.6. The van der Waals surface area contributed by atoms with Crippen LogP contribution in [0.2, 0.25) is 15.1 Å². The molecule has 1 heterocycles. The van der Waals surface area contributed by atoms with Crippen molar-refractivity contribution in [3.63, 3.8) is 0 Å². The molecule has 0 saturated carbocycles. The van der Waals surface area contributed by atoms with Crippen LogP contribution < -0.4 is 10.2 Å². The molecule has 152 valence electrons. The predicted octanol–water partition coefficient (Wildman–Crippen LogP) is 4.94. The Hall–Kier alpha value is -1.80. The average Bonchev–Trinajstić information content (AvgIpc) is 3.06. The van der Waals surface area contributed by atoms with Crippen molar-refractivity contribution < 1.29 is 19.1 Å². The SMILES string of the molecule is O=C(COC(=O)[C@@H]1CC(=O)N(c2cc(Cl)ccc2Cl)C1)Nc1ccc(Br)c(Cl)c1. The van der Waals surface area contributed by atoms with Gasteiger partial charge in [0.2, 0.25) is 5.91 Å². The van der Waals surface area contributed by atoms with Gasteiger partial charge in [-0.15, -0.1) is 0 Å². The van der Waals surface area contributed by atoms with Gasteiger partial charge in [0.25, 0.3) is 5.91 Å². The van der Waals surface area contributed by atoms with Gasteiger partial charge in [-0.1, -0.05) is 34.8 Å². The second-order valence-corrected chi connectivity index (χ2v) is 8.39. The van der Waals surface area contributed by atoms with Gasteiger partial charge in [-0.3, -0.25) is 14.4 Å². The Morgan fingerprint density at radius 3 is 2.62 bits per heavy atom. The van der Waals surface area contributed by atoms with Crippen LogP contribution in [0.3, 0.4) is 0 Å². The molecule has 0 aliphatic carbocycles. The van der Waals surface area contributed by atoms with E-state index in [1.807, 2.05) is 0 Å². The highest BCUT2D eigenvalue weighted by atomic mass is 79.9. The number of hydrogen-bond acceptors (Lipinski definition) is 4. The summed E-state index contributed by atoms with van der Waals surface area (Å²) in [5.41, 5.74) is 0.904. The number of anilines is 2. The number of amides is 2. The van der Waals surface area contributed by atoms with Crippen molar-refractivity contribution in [3.05, 3.63) is 55.9 Å². The summed E-state index contributed by atoms with van der Waals surface area (Å²) >= 11 is 21.3. The number of esters is 1. The summed E-state index contributed by atoms with van der Waals surface area (Å²) in [6.07, 6.45) is -0.0361. The maximum atomic E-state index is 12.3. The van der Waals surface area contributed by atoms with E-state index in [2.05, 4.69) is 21.2 Å². The molecular formula is C19H14BrCl3N2O4. The highest BCUT2D eigenvalue weighted by Crippen LogP contribution is 2.33. The molecule has 29 heavy (non-hydrogen) atoms. The number of carbonyl (C=O) groups excluding carboxylic acids is 3. The number of rotatable bonds is 5. The number of ether oxygens (including phenoxy) is 1. The molecule has 1 N–H and O–H groups in total. The largest absolute Gasteiger partial charge is 0.455 e. The molecule has 2 aromatic rings. The minimum Gasteiger partial charge on any atom is -0.455 e. The lowest BCUT2D eigenvalue weighted by Crippen LogP contribution is -2.28. The van der Waals surface area contributed by atoms with Crippen molar-refractivity contribution in [1.82, 2.24) is 0 Å². The zero-order valence-electron chi connectivity index (χ0n) is 14.8. The lowest BCUT2D eigenvalue weighted by Gasteiger charge is -2.18. The molecule has 1 atom stereocenters. The molecule has 1 fully saturated rings. The molecule has 0 spiro atoms. The molecule has 1 aliphatic heterocycles. The second kappa shape index (κ2) is 9.34. The summed E-state index contributed by atoms with van der Waals surface area (Å²) in [6.45, 7) is -0.378. The van der Waals surface area contributed by atoms with E-state index in [4.69, 9.17) is 39.5 Å². The zero-order chi connectivity index (χ0) is 21.1. The van der Waals surface area contributed by atoms with E-state index in [0.29, 0.717) is 30.9 Å². The van der Waals surface area contributed by atoms with Crippen LogP contribution in [0.15, 0.2) is 40.9 Å². The Labute approximate surface area is 190 Å². The average molecular weight is 521 g/mol. The quantitative estimate of drug-likeness (QED) is 0.567. The molecule has 2 amide bonds. The van der Waals surface area contributed by atoms with Gasteiger partial charge in [-0.25, -0.2) is 0 Å². The number of halogens is 4. The van der Waals surface area contributed by atoms with E-state index in [1.165, 1.54) is 4.90 Å². The molecule has 0 aromatic heterocycles. The molecule has 0 radical (unpaired) electrons. The minimum atomic E-state index is -0.701. The van der Waals surface area contributed by atoms with Crippen LogP contribution in [0.4, 0.5) is 11.4 Å². The van der Waals surface area contributed by atoms with Gasteiger partial charge in [-0.2, -0.15) is 0 Å². The van der Waals surface area contributed by atoms with Gasteiger partial charge >= 0.3 is 5.97 Å². The first-order valence-electron chi connectivity index (χ1n) is 8.41. The number of nitrogens with one attached hydrogen (secondary N) is 1. The highest BCUT2D eigenvalue weighted by molar-refractivity contribution is 9.10. The molecule has 1 saturated heterocycles. The van der Waals surface area contributed by atoms with Gasteiger partial charge in [-0.05, 0) is 52.3 Å². The predicted molar refractivity (Wildman–Crippen MR) is 116 cm³/mol. The monoisotopic (exact) mass is 518 g/mol. The van der Waals surface area contributed by atoms with Crippen LogP contribution >= 0.6 is 50.7 Å². The normalized spacial score (nSPS) is 16.1. The van der Waals surface area contributed by atoms with Crippen molar-refractivity contribution in [2.45, 2.75) is 6.42 Å². The van der Waals surface area contributed by atoms with E-state index in [-0.39, 0.29) is 18.9 Å². The lowest BCUT2D eigenvalue weighted by molar-refractivity contribution is -0.151. The van der Waals surface area contributed by atoms with Crippen molar-refractivity contribution in [2.24, 2.45) is 5.92 Å². The first-order chi connectivity index (χ1) is 13.7. The van der Waals surface area contributed by atoms with Crippen LogP contribution in [0, 0.1) is 5.92 Å². The Balaban J connectivity index is 1.56. The highest BCUT2D eigenvalue weighted by Gasteiger charge is 2.37. The summed E-state index contributed by atoms with van der Waals surface area (Å²) in [4.78, 5) is 38.0. The van der Waals surface area contributed by atoms with Gasteiger partial charge in [0.1, 0.15) is 0 Å². The number of benzene rings is 2. The van der Waals surface area contributed by atoms with Gasteiger partial charge in [0, 0.05) is 28.1 Å². The minimum absolute atomic E-state index is 0.0361. The summed E-state index contributed by atoms with van der Waals surface area (Å²) in [6, 6.07) is 9.65. The third kappa shape index (κ3) is 5.42. The summed E-state index contributed by atoms with van der Waals surface area (Å²) < 4.78 is 5.76. The first-order valence-corrected chi connectivity index (χ1v) is 10.3. The van der Waals surface area contributed by atoms with Gasteiger partial charge in [0.05, 0.1) is 21.7 Å². The topological polar surface area (TPSA) is 75.7 Å². The Bertz CT molecular complexity index is 986. The molecule has 1 aliphatic rings. The van der Waals surface area contributed by atoms with E-state index in [0.717, 1.165) is 0 Å². The molecule has 10 heteroatoms. The molecule has 3 rings (SSSR count). The molecule has 0 unspecified atom stereocenters. The smallest absolute Gasteiger partial charge is 0.311 e. The van der Waals surface area contributed by atoms with Crippen LogP contribution in [0.5, 0.6) is 0 Å². The van der Waals surface area contributed by atoms with Crippen molar-refractivity contribution >= 4 is 79.9 Å². The third-order valence-electron chi connectivity index (χ3n) is 4.21. The Morgan fingerprint density at radius 2 is 1.90 bits per heavy atom. The fourth-order valence-electron chi connectivity index (χ4n) is 2.82. The van der Waals surface area contributed by atoms with E-state index in [1.54, 1.807) is 36.4 Å². The van der Waals surface area contributed by atoms with E-state index < -0.39 is 24.4 Å². The Kier molecular flexibility index (Phi) is 7.05. The summed E-state index contributed by atoms with van der Waals surface area (Å²) in [7, 11) is 0. The lowest BCUT2D eigenvalue weighted by atomic mass is 10.1. The first kappa shape index (κ1) is 21.9. The number of carbonyl (C=O) groups is 3. The number of hydrogen-bond donors (Lipinski definition) is 1. The maximum Gasteiger partial charge on any atom is 0.311 e. The van der Waals surface area contributed by atoms with Crippen LogP contribution in [-0.2, 0) is 19.1 Å². The van der Waals surface area contributed by atoms with Gasteiger partial charge < -0.3 is 15.0 Å². The second-order valence-electron chi connectivity index (χ2n) is 6.29. The summed E-state index contributed by atoms with van der Waals surface area (Å²) in [5, 5.41) is 3.79. The third-order valence-corrected chi connectivity index (χ3v) is 5.99. The fourth-order valence-corrected chi connectivity index (χ4v) is 3.63. The standard InChI is InChI=1S/C19H14BrCl3N2O4/c20-13-3-2-12(7-15(13)23)24-17(26)9-29-19(28)10-5-18(27)25(8-10)16-6-11(21)1-4-14(16)22/h1-4,6-7,10H,5,8-9H2,(H,24,26)/t10-/m1/s1. The number of nitrogens with zero attached hydrogens (tertiary/aromatic N) is 1. The van der Waals surface area contributed by atoms with Crippen molar-refractivity contribution in [1.29, 1.82) is 0 Å². The molecule has 2 aromatic carbocycles. The van der Waals surface area contributed by atoms with Crippen LogP contribution in [-0.4, -0.2) is 30.9 Å². The van der Waals surface area contributed by atoms with E-state index >= 15 is 0 Å². The van der Waals surface area contributed by atoms with E-state index in [9.17, 15) is 14.4 Å². The van der Waals surface area contributed by atoms with Crippen LogP contribution in [0.1, 0.15) is 6.42 Å². The van der Waals surface area contributed by atoms with Crippen LogP contribution in [0.25, 0.3) is 0 Å². The van der Waals surface area contributed by atoms with Crippen molar-refractivity contribution in [2.75, 3.05) is 23.4 Å². The molecule has 6 nitrogen and oxygen atoms in total. The van der Waals surface area contributed by atoms with Gasteiger partial charge in [0.15, 0.2) is 6.61 Å². The molecular weight excluding hydrogens is 506 g/mol. The Morgan fingerprint density at radius 1 is 1.14 bits per heavy atom. The molecule has 0 bridgehead atoms. The fraction of sp³-hybridized carbons (Fsp3) is 0.211. The summed E-state index contributed by atoms with van der Waals surface area (Å²) in [5.74, 6) is -2.13. The van der Waals surface area contributed by atoms with Crippen molar-refractivity contribution in [3.8, 4) is 0 Å². The maximum absolute atomic E-state index is 12.3.